The van der Waals surface area contributed by atoms with Crippen LogP contribution in [0.3, 0.4) is 0 Å². The van der Waals surface area contributed by atoms with Gasteiger partial charge in [-0.2, -0.15) is 9.64 Å². The van der Waals surface area contributed by atoms with Gasteiger partial charge in [-0.15, -0.1) is 10.2 Å². The van der Waals surface area contributed by atoms with Gasteiger partial charge in [0.25, 0.3) is 0 Å². The lowest BCUT2D eigenvalue weighted by Crippen LogP contribution is -2.27. The van der Waals surface area contributed by atoms with Gasteiger partial charge in [-0.3, -0.25) is 0 Å². The van der Waals surface area contributed by atoms with Crippen LogP contribution in [-0.4, -0.2) is 30.7 Å². The second-order valence-corrected chi connectivity index (χ2v) is 6.26. The van der Waals surface area contributed by atoms with Crippen LogP contribution < -0.4 is 4.90 Å². The number of aromatic nitrogens is 1. The van der Waals surface area contributed by atoms with Gasteiger partial charge in [0.15, 0.2) is 5.00 Å². The van der Waals surface area contributed by atoms with E-state index in [4.69, 9.17) is 10.00 Å². The third-order valence-corrected chi connectivity index (χ3v) is 4.67. The van der Waals surface area contributed by atoms with Crippen molar-refractivity contribution in [3.8, 4) is 6.07 Å². The number of ether oxygens (including phenoxy) is 1. The number of anilines is 1. The number of azo groups is 1. The van der Waals surface area contributed by atoms with Crippen molar-refractivity contribution in [3.05, 3.63) is 35.0 Å². The molecule has 2 aromatic rings. The zero-order valence-corrected chi connectivity index (χ0v) is 15.9. The number of nitrogens with zero attached hydrogens (tertiary/aromatic N) is 5. The number of rotatable bonds is 8. The minimum atomic E-state index is 0.496. The van der Waals surface area contributed by atoms with Crippen LogP contribution in [0.2, 0.25) is 0 Å². The number of nitriles is 1. The monoisotopic (exact) mass is 357 g/mol. The van der Waals surface area contributed by atoms with E-state index in [1.54, 1.807) is 6.92 Å². The maximum atomic E-state index is 9.15. The molecule has 0 radical (unpaired) electrons. The molecule has 0 unspecified atom stereocenters. The summed E-state index contributed by atoms with van der Waals surface area (Å²) in [4.78, 5) is 2.27. The molecule has 0 fully saturated rings. The van der Waals surface area contributed by atoms with Gasteiger partial charge in [-0.25, -0.2) is 0 Å². The van der Waals surface area contributed by atoms with E-state index in [0.29, 0.717) is 22.9 Å². The minimum Gasteiger partial charge on any atom is -0.380 e. The molecule has 1 aromatic heterocycles. The second kappa shape index (κ2) is 9.25. The molecule has 0 atom stereocenters. The maximum absolute atomic E-state index is 9.15. The molecule has 0 N–H and O–H groups in total. The van der Waals surface area contributed by atoms with Crippen LogP contribution in [0, 0.1) is 25.2 Å². The van der Waals surface area contributed by atoms with Gasteiger partial charge < -0.3 is 9.64 Å². The number of hydrogen-bond donors (Lipinski definition) is 0. The van der Waals surface area contributed by atoms with Gasteiger partial charge in [0.05, 0.1) is 18.0 Å². The Morgan fingerprint density at radius 1 is 1.28 bits per heavy atom. The fraction of sp³-hybridized carbons (Fsp3) is 0.444. The van der Waals surface area contributed by atoms with Gasteiger partial charge in [0, 0.05) is 25.4 Å². The highest BCUT2D eigenvalue weighted by Gasteiger charge is 2.10. The molecule has 0 saturated carbocycles. The molecule has 0 aliphatic rings. The zero-order chi connectivity index (χ0) is 18.2. The Labute approximate surface area is 152 Å². The zero-order valence-electron chi connectivity index (χ0n) is 15.1. The van der Waals surface area contributed by atoms with Gasteiger partial charge >= 0.3 is 0 Å². The van der Waals surface area contributed by atoms with Crippen LogP contribution in [0.15, 0.2) is 28.4 Å². The Morgan fingerprint density at radius 2 is 2.08 bits per heavy atom. The first-order chi connectivity index (χ1) is 12.1. The summed E-state index contributed by atoms with van der Waals surface area (Å²) in [7, 11) is 0. The molecule has 6 nitrogen and oxygen atoms in total. The van der Waals surface area contributed by atoms with E-state index in [0.717, 1.165) is 36.6 Å². The first-order valence-corrected chi connectivity index (χ1v) is 9.09. The molecule has 0 aliphatic heterocycles. The van der Waals surface area contributed by atoms with Crippen molar-refractivity contribution >= 4 is 27.9 Å². The van der Waals surface area contributed by atoms with E-state index < -0.39 is 0 Å². The Morgan fingerprint density at radius 3 is 2.72 bits per heavy atom. The van der Waals surface area contributed by atoms with Crippen LogP contribution >= 0.6 is 11.5 Å². The standard InChI is InChI=1S/C18H23N5OS/c1-5-23(9-10-24-6-2)15-7-8-17(13(3)11-15)20-21-18-16(12-19)14(4)22-25-18/h7-8,11H,5-6,9-10H2,1-4H3. The molecule has 25 heavy (non-hydrogen) atoms. The van der Waals surface area contributed by atoms with Crippen LogP contribution in [-0.2, 0) is 4.74 Å². The van der Waals surface area contributed by atoms with Gasteiger partial charge in [-0.05, 0) is 63.0 Å². The highest BCUT2D eigenvalue weighted by molar-refractivity contribution is 7.10. The van der Waals surface area contributed by atoms with E-state index in [9.17, 15) is 0 Å². The average molecular weight is 357 g/mol. The molecule has 0 bridgehead atoms. The maximum Gasteiger partial charge on any atom is 0.176 e. The molecule has 0 aliphatic carbocycles. The summed E-state index contributed by atoms with van der Waals surface area (Å²) in [6.45, 7) is 11.2. The third-order valence-electron chi connectivity index (χ3n) is 3.84. The summed E-state index contributed by atoms with van der Waals surface area (Å²) in [5.41, 5.74) is 4.16. The normalized spacial score (nSPS) is 11.0. The molecule has 0 saturated heterocycles. The van der Waals surface area contributed by atoms with Crippen molar-refractivity contribution in [2.75, 3.05) is 31.2 Å². The first-order valence-electron chi connectivity index (χ1n) is 8.32. The quantitative estimate of drug-likeness (QED) is 0.497. The number of likely N-dealkylation sites (N-methyl/N-ethyl adjacent to an activating group) is 1. The Balaban J connectivity index is 2.16. The van der Waals surface area contributed by atoms with E-state index in [-0.39, 0.29) is 0 Å². The highest BCUT2D eigenvalue weighted by Crippen LogP contribution is 2.30. The number of benzene rings is 1. The van der Waals surface area contributed by atoms with E-state index in [1.165, 1.54) is 11.5 Å². The summed E-state index contributed by atoms with van der Waals surface area (Å²) < 4.78 is 9.60. The summed E-state index contributed by atoms with van der Waals surface area (Å²) >= 11 is 1.19. The van der Waals surface area contributed by atoms with E-state index in [2.05, 4.69) is 38.6 Å². The second-order valence-electron chi connectivity index (χ2n) is 5.51. The van der Waals surface area contributed by atoms with Gasteiger partial charge in [-0.1, -0.05) is 0 Å². The topological polar surface area (TPSA) is 73.9 Å². The molecule has 1 aromatic carbocycles. The van der Waals surface area contributed by atoms with E-state index >= 15 is 0 Å². The lowest BCUT2D eigenvalue weighted by molar-refractivity contribution is 0.154. The number of hydrogen-bond acceptors (Lipinski definition) is 7. The molecule has 0 spiro atoms. The summed E-state index contributed by atoms with van der Waals surface area (Å²) in [5, 5.41) is 18.2. The number of aryl methyl sites for hydroxylation is 2. The fourth-order valence-electron chi connectivity index (χ4n) is 2.39. The summed E-state index contributed by atoms with van der Waals surface area (Å²) in [6, 6.07) is 8.23. The molecule has 7 heteroatoms. The van der Waals surface area contributed by atoms with Crippen LogP contribution in [0.1, 0.15) is 30.7 Å². The largest absolute Gasteiger partial charge is 0.380 e. The van der Waals surface area contributed by atoms with Crippen molar-refractivity contribution < 1.29 is 4.74 Å². The lowest BCUT2D eigenvalue weighted by atomic mass is 10.1. The Hall–Kier alpha value is -2.30. The summed E-state index contributed by atoms with van der Waals surface area (Å²) in [5.74, 6) is 0. The Kier molecular flexibility index (Phi) is 7.04. The van der Waals surface area contributed by atoms with E-state index in [1.807, 2.05) is 26.0 Å². The van der Waals surface area contributed by atoms with Crippen molar-refractivity contribution in [2.24, 2.45) is 10.2 Å². The van der Waals surface area contributed by atoms with Crippen LogP contribution in [0.4, 0.5) is 16.4 Å². The fourth-order valence-corrected chi connectivity index (χ4v) is 3.07. The minimum absolute atomic E-state index is 0.496. The SMILES string of the molecule is CCOCCN(CC)c1ccc(N=Nc2snc(C)c2C#N)c(C)c1. The molecule has 0 amide bonds. The Bertz CT molecular complexity index is 778. The van der Waals surface area contributed by atoms with Crippen LogP contribution in [0.5, 0.6) is 0 Å². The molecule has 2 rings (SSSR count). The highest BCUT2D eigenvalue weighted by atomic mass is 32.1. The molecular formula is C18H23N5OS. The smallest absolute Gasteiger partial charge is 0.176 e. The van der Waals surface area contributed by atoms with Crippen molar-refractivity contribution in [1.29, 1.82) is 5.26 Å². The van der Waals surface area contributed by atoms with Crippen LogP contribution in [0.25, 0.3) is 0 Å². The lowest BCUT2D eigenvalue weighted by Gasteiger charge is -2.23. The predicted octanol–water partition coefficient (Wildman–Crippen LogP) is 4.91. The van der Waals surface area contributed by atoms with Gasteiger partial charge in [0.2, 0.25) is 0 Å². The first kappa shape index (κ1) is 19.0. The summed E-state index contributed by atoms with van der Waals surface area (Å²) in [6.07, 6.45) is 0. The van der Waals surface area contributed by atoms with Crippen molar-refractivity contribution in [1.82, 2.24) is 4.37 Å². The molecule has 1 heterocycles. The van der Waals surface area contributed by atoms with Crippen molar-refractivity contribution in [3.63, 3.8) is 0 Å². The molecule has 132 valence electrons. The molecular weight excluding hydrogens is 334 g/mol. The van der Waals surface area contributed by atoms with Crippen molar-refractivity contribution in [2.45, 2.75) is 27.7 Å². The van der Waals surface area contributed by atoms with Gasteiger partial charge in [0.1, 0.15) is 11.6 Å². The third kappa shape index (κ3) is 4.84. The average Bonchev–Trinajstić information content (AvgIpc) is 2.97. The predicted molar refractivity (Wildman–Crippen MR) is 101 cm³/mol.